The summed E-state index contributed by atoms with van der Waals surface area (Å²) < 4.78 is 42.4. The Morgan fingerprint density at radius 2 is 2.00 bits per heavy atom. The summed E-state index contributed by atoms with van der Waals surface area (Å²) in [5.74, 6) is -5.82. The summed E-state index contributed by atoms with van der Waals surface area (Å²) in [6, 6.07) is 2.28. The average molecular weight is 420 g/mol. The molecule has 0 saturated heterocycles. The molecule has 8 nitrogen and oxygen atoms in total. The van der Waals surface area contributed by atoms with Crippen molar-refractivity contribution in [1.29, 1.82) is 0 Å². The lowest BCUT2D eigenvalue weighted by Crippen LogP contribution is -2.41. The van der Waals surface area contributed by atoms with E-state index in [1.807, 2.05) is 0 Å². The lowest BCUT2D eigenvalue weighted by atomic mass is 10.2. The maximum absolute atomic E-state index is 14.3. The number of oxime groups is 1. The van der Waals surface area contributed by atoms with E-state index in [1.54, 1.807) is 0 Å². The minimum atomic E-state index is -3.47. The standard InChI is InChI=1S/C16H13ClF3N3O5/c1-16(19,20)12-5-13(24)23(15(27)22(12)2)11-3-8(9(17)4-10(11)18)6-21-28-7-14(25)26/h3-6H,7H2,1-2H3,(H,25,26)/b21-6+. The van der Waals surface area contributed by atoms with Crippen LogP contribution >= 0.6 is 11.6 Å². The zero-order chi connectivity index (χ0) is 21.2. The minimum absolute atomic E-state index is 0.0118. The van der Waals surface area contributed by atoms with Gasteiger partial charge in [0.25, 0.3) is 11.5 Å². The van der Waals surface area contributed by atoms with Crippen molar-refractivity contribution < 1.29 is 27.9 Å². The number of aromatic nitrogens is 2. The van der Waals surface area contributed by atoms with Gasteiger partial charge in [-0.3, -0.25) is 9.36 Å². The molecule has 2 rings (SSSR count). The predicted octanol–water partition coefficient (Wildman–Crippen LogP) is 1.88. The van der Waals surface area contributed by atoms with E-state index < -0.39 is 46.9 Å². The summed E-state index contributed by atoms with van der Waals surface area (Å²) in [4.78, 5) is 39.5. The van der Waals surface area contributed by atoms with Gasteiger partial charge in [-0.1, -0.05) is 16.8 Å². The van der Waals surface area contributed by atoms with E-state index >= 15 is 0 Å². The van der Waals surface area contributed by atoms with Crippen molar-refractivity contribution in [2.75, 3.05) is 6.61 Å². The van der Waals surface area contributed by atoms with Gasteiger partial charge in [0, 0.05) is 25.6 Å². The first-order chi connectivity index (χ1) is 12.9. The Labute approximate surface area is 160 Å². The molecule has 0 aliphatic rings. The fourth-order valence-corrected chi connectivity index (χ4v) is 2.48. The molecule has 0 atom stereocenters. The summed E-state index contributed by atoms with van der Waals surface area (Å²) in [6.45, 7) is -0.227. The number of carboxylic acids is 1. The van der Waals surface area contributed by atoms with Gasteiger partial charge in [-0.25, -0.2) is 27.3 Å². The van der Waals surface area contributed by atoms with Crippen molar-refractivity contribution >= 4 is 23.8 Å². The van der Waals surface area contributed by atoms with E-state index in [1.165, 1.54) is 0 Å². The van der Waals surface area contributed by atoms with Crippen LogP contribution in [-0.2, 0) is 22.6 Å². The number of rotatable bonds is 6. The zero-order valence-corrected chi connectivity index (χ0v) is 15.2. The number of hydrogen-bond acceptors (Lipinski definition) is 5. The summed E-state index contributed by atoms with van der Waals surface area (Å²) in [6.07, 6.45) is 0.943. The van der Waals surface area contributed by atoms with E-state index in [4.69, 9.17) is 16.7 Å². The van der Waals surface area contributed by atoms with Gasteiger partial charge in [0.05, 0.1) is 22.6 Å². The first-order valence-corrected chi connectivity index (χ1v) is 7.89. The second-order valence-corrected chi connectivity index (χ2v) is 6.07. The van der Waals surface area contributed by atoms with Gasteiger partial charge in [-0.15, -0.1) is 0 Å². The highest BCUT2D eigenvalue weighted by atomic mass is 35.5. The third-order valence-corrected chi connectivity index (χ3v) is 3.86. The zero-order valence-electron chi connectivity index (χ0n) is 14.5. The Balaban J connectivity index is 2.62. The molecule has 1 N–H and O–H groups in total. The highest BCUT2D eigenvalue weighted by molar-refractivity contribution is 6.33. The van der Waals surface area contributed by atoms with Crippen LogP contribution in [0.5, 0.6) is 0 Å². The molecule has 0 bridgehead atoms. The van der Waals surface area contributed by atoms with Gasteiger partial charge in [-0.2, -0.15) is 0 Å². The third kappa shape index (κ3) is 4.42. The Morgan fingerprint density at radius 3 is 2.57 bits per heavy atom. The molecule has 0 unspecified atom stereocenters. The summed E-state index contributed by atoms with van der Waals surface area (Å²) in [7, 11) is 1.01. The van der Waals surface area contributed by atoms with Crippen molar-refractivity contribution in [3.63, 3.8) is 0 Å². The number of hydrogen-bond donors (Lipinski definition) is 1. The van der Waals surface area contributed by atoms with Crippen molar-refractivity contribution in [2.45, 2.75) is 12.8 Å². The molecule has 1 heterocycles. The Bertz CT molecular complexity index is 1070. The van der Waals surface area contributed by atoms with Crippen LogP contribution in [-0.4, -0.2) is 33.0 Å². The molecule has 1 aromatic heterocycles. The van der Waals surface area contributed by atoms with Crippen LogP contribution in [0.3, 0.4) is 0 Å². The van der Waals surface area contributed by atoms with E-state index in [9.17, 15) is 27.6 Å². The van der Waals surface area contributed by atoms with Crippen LogP contribution in [0, 0.1) is 5.82 Å². The molecule has 2 aromatic rings. The number of carboxylic acid groups (broad SMARTS) is 1. The Morgan fingerprint density at radius 1 is 1.36 bits per heavy atom. The SMILES string of the molecule is Cn1c(C(C)(F)F)cc(=O)n(-c2cc(/C=N/OCC(=O)O)c(Cl)cc2F)c1=O. The maximum Gasteiger partial charge on any atom is 0.344 e. The molecule has 0 spiro atoms. The summed E-state index contributed by atoms with van der Waals surface area (Å²) in [5, 5.41) is 11.6. The van der Waals surface area contributed by atoms with Crippen molar-refractivity contribution in [2.24, 2.45) is 12.2 Å². The molecule has 0 saturated carbocycles. The normalized spacial score (nSPS) is 11.8. The number of nitrogens with zero attached hydrogens (tertiary/aromatic N) is 3. The number of halogens is 4. The fraction of sp³-hybridized carbons (Fsp3) is 0.250. The molecule has 150 valence electrons. The van der Waals surface area contributed by atoms with Crippen LogP contribution in [0.25, 0.3) is 5.69 Å². The lowest BCUT2D eigenvalue weighted by Gasteiger charge is -2.17. The Hall–Kier alpha value is -3.08. The summed E-state index contributed by atoms with van der Waals surface area (Å²) in [5.41, 5.74) is -3.78. The van der Waals surface area contributed by atoms with Crippen molar-refractivity contribution in [1.82, 2.24) is 9.13 Å². The molecule has 12 heteroatoms. The first kappa shape index (κ1) is 21.2. The Kier molecular flexibility index (Phi) is 5.98. The molecule has 28 heavy (non-hydrogen) atoms. The maximum atomic E-state index is 14.3. The van der Waals surface area contributed by atoms with Crippen LogP contribution in [0.2, 0.25) is 5.02 Å². The quantitative estimate of drug-likeness (QED) is 0.569. The minimum Gasteiger partial charge on any atom is -0.479 e. The number of carbonyl (C=O) groups is 1. The topological polar surface area (TPSA) is 103 Å². The smallest absolute Gasteiger partial charge is 0.344 e. The van der Waals surface area contributed by atoms with E-state index in [0.717, 1.165) is 25.4 Å². The van der Waals surface area contributed by atoms with Crippen LogP contribution in [0.4, 0.5) is 13.2 Å². The molecule has 0 aliphatic carbocycles. The van der Waals surface area contributed by atoms with Crippen LogP contribution in [0.1, 0.15) is 18.2 Å². The molecule has 1 aromatic carbocycles. The molecule has 0 fully saturated rings. The lowest BCUT2D eigenvalue weighted by molar-refractivity contribution is -0.142. The number of benzene rings is 1. The molecular formula is C16H13ClF3N3O5. The molecule has 0 aliphatic heterocycles. The number of alkyl halides is 2. The van der Waals surface area contributed by atoms with Crippen LogP contribution < -0.4 is 11.2 Å². The van der Waals surface area contributed by atoms with E-state index in [2.05, 4.69) is 9.99 Å². The fourth-order valence-electron chi connectivity index (χ4n) is 2.28. The monoisotopic (exact) mass is 419 g/mol. The van der Waals surface area contributed by atoms with Crippen molar-refractivity contribution in [3.05, 3.63) is 61.1 Å². The molecule has 0 amide bonds. The van der Waals surface area contributed by atoms with Crippen LogP contribution in [0.15, 0.2) is 32.9 Å². The van der Waals surface area contributed by atoms with Gasteiger partial charge in [-0.05, 0) is 12.1 Å². The van der Waals surface area contributed by atoms with E-state index in [0.29, 0.717) is 22.1 Å². The number of aliphatic carboxylic acids is 1. The average Bonchev–Trinajstić information content (AvgIpc) is 2.56. The van der Waals surface area contributed by atoms with Gasteiger partial charge in [0.2, 0.25) is 6.61 Å². The van der Waals surface area contributed by atoms with Gasteiger partial charge in [0.15, 0.2) is 0 Å². The first-order valence-electron chi connectivity index (χ1n) is 7.51. The molecular weight excluding hydrogens is 407 g/mol. The second kappa shape index (κ2) is 7.89. The predicted molar refractivity (Wildman–Crippen MR) is 93.0 cm³/mol. The largest absolute Gasteiger partial charge is 0.479 e. The van der Waals surface area contributed by atoms with Crippen molar-refractivity contribution in [3.8, 4) is 5.69 Å². The highest BCUT2D eigenvalue weighted by Crippen LogP contribution is 2.25. The summed E-state index contributed by atoms with van der Waals surface area (Å²) >= 11 is 5.85. The van der Waals surface area contributed by atoms with Gasteiger partial charge < -0.3 is 9.94 Å². The second-order valence-electron chi connectivity index (χ2n) is 5.66. The van der Waals surface area contributed by atoms with Gasteiger partial charge in [0.1, 0.15) is 5.82 Å². The highest BCUT2D eigenvalue weighted by Gasteiger charge is 2.29. The van der Waals surface area contributed by atoms with E-state index in [-0.39, 0.29) is 10.6 Å². The third-order valence-electron chi connectivity index (χ3n) is 3.53. The molecule has 0 radical (unpaired) electrons. The van der Waals surface area contributed by atoms with Gasteiger partial charge >= 0.3 is 11.7 Å².